The molecule has 0 saturated heterocycles. The molecule has 4 N–H and O–H groups in total. The van der Waals surface area contributed by atoms with Crippen LogP contribution in [0.3, 0.4) is 0 Å². The van der Waals surface area contributed by atoms with Gasteiger partial charge < -0.3 is 11.5 Å². The van der Waals surface area contributed by atoms with Crippen LogP contribution in [0.2, 0.25) is 0 Å². The van der Waals surface area contributed by atoms with Gasteiger partial charge in [0.1, 0.15) is 11.1 Å². The van der Waals surface area contributed by atoms with Gasteiger partial charge in [0.25, 0.3) is 0 Å². The Balaban J connectivity index is 1.76. The Morgan fingerprint density at radius 3 is 1.50 bits per heavy atom. The molecule has 0 radical (unpaired) electrons. The Morgan fingerprint density at radius 2 is 1.12 bits per heavy atom. The second-order valence-electron chi connectivity index (χ2n) is 8.75. The topological polar surface area (TPSA) is 76.8 Å². The van der Waals surface area contributed by atoms with E-state index in [-0.39, 0.29) is 16.5 Å². The van der Waals surface area contributed by atoms with Crippen LogP contribution in [0.4, 0.5) is 11.4 Å². The van der Waals surface area contributed by atoms with Crippen molar-refractivity contribution >= 4 is 11.4 Å². The maximum atomic E-state index is 5.96. The summed E-state index contributed by atoms with van der Waals surface area (Å²) < 4.78 is 0. The minimum Gasteiger partial charge on any atom is -0.399 e. The highest BCUT2D eigenvalue weighted by molar-refractivity contribution is 5.50. The first-order chi connectivity index (χ1) is 12.4. The summed E-state index contributed by atoms with van der Waals surface area (Å²) in [6.45, 7) is 4.72. The van der Waals surface area contributed by atoms with Gasteiger partial charge >= 0.3 is 0 Å². The molecule has 1 heterocycles. The molecule has 4 nitrogen and oxygen atoms in total. The summed E-state index contributed by atoms with van der Waals surface area (Å²) in [4.78, 5) is 0. The highest BCUT2D eigenvalue weighted by atomic mass is 15.3. The lowest BCUT2D eigenvalue weighted by atomic mass is 9.61. The number of nitrogens with two attached hydrogens (primary N) is 2. The zero-order chi connectivity index (χ0) is 18.2. The number of benzene rings is 2. The standard InChI is InChI=1S/C22H26N4/c1-20(2)21(14-6-10-16(23)11-7-14)18-4-3-5-19(18)22(20,26-25-21)15-8-12-17(24)13-9-15/h6-13,18-19H,3-5,23-24H2,1-2H3/t18-,19+,21-,22+. The van der Waals surface area contributed by atoms with E-state index in [0.29, 0.717) is 11.8 Å². The second-order valence-corrected chi connectivity index (χ2v) is 8.75. The number of azo groups is 1. The van der Waals surface area contributed by atoms with E-state index in [1.165, 1.54) is 30.4 Å². The molecular weight excluding hydrogens is 320 g/mol. The lowest BCUT2D eigenvalue weighted by Crippen LogP contribution is -2.44. The molecule has 0 aromatic heterocycles. The smallest absolute Gasteiger partial charge is 0.117 e. The van der Waals surface area contributed by atoms with Crippen molar-refractivity contribution in [3.63, 3.8) is 0 Å². The van der Waals surface area contributed by atoms with E-state index in [1.54, 1.807) is 0 Å². The van der Waals surface area contributed by atoms with Crippen LogP contribution >= 0.6 is 0 Å². The molecule has 0 unspecified atom stereocenters. The Labute approximate surface area is 154 Å². The van der Waals surface area contributed by atoms with E-state index in [2.05, 4.69) is 38.1 Å². The SMILES string of the molecule is CC1(C)[C@]2(c3ccc(N)cc3)N=N[C@@]1(c1ccc(N)cc1)[C@H]1CCC[C@H]12. The molecule has 0 amide bonds. The minimum absolute atomic E-state index is 0.109. The fourth-order valence-electron chi connectivity index (χ4n) is 6.47. The molecule has 26 heavy (non-hydrogen) atoms. The third kappa shape index (κ3) is 1.57. The molecule has 2 aliphatic carbocycles. The van der Waals surface area contributed by atoms with E-state index >= 15 is 0 Å². The summed E-state index contributed by atoms with van der Waals surface area (Å²) in [6, 6.07) is 16.7. The van der Waals surface area contributed by atoms with Gasteiger partial charge in [0.2, 0.25) is 0 Å². The van der Waals surface area contributed by atoms with Crippen LogP contribution in [0.15, 0.2) is 58.8 Å². The van der Waals surface area contributed by atoms with Crippen LogP contribution in [-0.4, -0.2) is 0 Å². The summed E-state index contributed by atoms with van der Waals surface area (Å²) >= 11 is 0. The van der Waals surface area contributed by atoms with Crippen molar-refractivity contribution in [1.82, 2.24) is 0 Å². The first-order valence-corrected chi connectivity index (χ1v) is 9.59. The van der Waals surface area contributed by atoms with Gasteiger partial charge in [0, 0.05) is 16.8 Å². The van der Waals surface area contributed by atoms with Crippen LogP contribution in [0.1, 0.15) is 44.2 Å². The Bertz CT molecular complexity index is 812. The molecule has 2 aromatic rings. The van der Waals surface area contributed by atoms with Gasteiger partial charge in [0.15, 0.2) is 0 Å². The van der Waals surface area contributed by atoms with Crippen molar-refractivity contribution in [2.24, 2.45) is 27.5 Å². The van der Waals surface area contributed by atoms with E-state index in [9.17, 15) is 0 Å². The average molecular weight is 346 g/mol. The molecule has 134 valence electrons. The number of anilines is 2. The Hall–Kier alpha value is -2.36. The van der Waals surface area contributed by atoms with Gasteiger partial charge in [-0.15, -0.1) is 0 Å². The Morgan fingerprint density at radius 1 is 0.731 bits per heavy atom. The number of nitrogens with zero attached hydrogens (tertiary/aromatic N) is 2. The first-order valence-electron chi connectivity index (χ1n) is 9.59. The summed E-state index contributed by atoms with van der Waals surface area (Å²) in [5.41, 5.74) is 15.4. The van der Waals surface area contributed by atoms with Crippen LogP contribution in [0.25, 0.3) is 0 Å². The van der Waals surface area contributed by atoms with Gasteiger partial charge in [-0.25, -0.2) is 0 Å². The fraction of sp³-hybridized carbons (Fsp3) is 0.455. The monoisotopic (exact) mass is 346 g/mol. The third-order valence-corrected chi connectivity index (χ3v) is 7.56. The normalized spacial score (nSPS) is 36.4. The van der Waals surface area contributed by atoms with Gasteiger partial charge in [-0.2, -0.15) is 10.2 Å². The van der Waals surface area contributed by atoms with Crippen LogP contribution < -0.4 is 11.5 Å². The average Bonchev–Trinajstić information content (AvgIpc) is 3.24. The predicted octanol–water partition coefficient (Wildman–Crippen LogP) is 4.86. The number of fused-ring (bicyclic) bond motifs is 5. The molecule has 2 fully saturated rings. The fourth-order valence-corrected chi connectivity index (χ4v) is 6.47. The van der Waals surface area contributed by atoms with Crippen molar-refractivity contribution in [3.05, 3.63) is 59.7 Å². The zero-order valence-corrected chi connectivity index (χ0v) is 15.4. The van der Waals surface area contributed by atoms with E-state index < -0.39 is 0 Å². The van der Waals surface area contributed by atoms with Crippen molar-refractivity contribution < 1.29 is 0 Å². The molecular formula is C22H26N4. The lowest BCUT2D eigenvalue weighted by Gasteiger charge is -2.42. The Kier molecular flexibility index (Phi) is 2.97. The summed E-state index contributed by atoms with van der Waals surface area (Å²) in [5, 5.41) is 10.1. The largest absolute Gasteiger partial charge is 0.399 e. The van der Waals surface area contributed by atoms with E-state index in [0.717, 1.165) is 11.4 Å². The summed E-state index contributed by atoms with van der Waals surface area (Å²) in [6.07, 6.45) is 3.69. The highest BCUT2D eigenvalue weighted by Gasteiger charge is 2.78. The predicted molar refractivity (Wildman–Crippen MR) is 105 cm³/mol. The quantitative estimate of drug-likeness (QED) is 0.762. The molecule has 5 rings (SSSR count). The molecule has 3 aliphatic rings. The van der Waals surface area contributed by atoms with Crippen LogP contribution in [0, 0.1) is 17.3 Å². The van der Waals surface area contributed by atoms with Crippen molar-refractivity contribution in [3.8, 4) is 0 Å². The molecule has 1 aliphatic heterocycles. The molecule has 2 aromatic carbocycles. The molecule has 2 bridgehead atoms. The number of nitrogen functional groups attached to an aromatic ring is 2. The van der Waals surface area contributed by atoms with Crippen molar-refractivity contribution in [2.45, 2.75) is 44.2 Å². The lowest BCUT2D eigenvalue weighted by molar-refractivity contribution is 0.141. The van der Waals surface area contributed by atoms with E-state index in [4.69, 9.17) is 21.7 Å². The summed E-state index contributed by atoms with van der Waals surface area (Å²) in [5.74, 6) is 1.05. The van der Waals surface area contributed by atoms with Crippen molar-refractivity contribution in [2.75, 3.05) is 11.5 Å². The van der Waals surface area contributed by atoms with Crippen molar-refractivity contribution in [1.29, 1.82) is 0 Å². The number of hydrogen-bond donors (Lipinski definition) is 2. The van der Waals surface area contributed by atoms with Gasteiger partial charge in [-0.1, -0.05) is 44.5 Å². The minimum atomic E-state index is -0.275. The first kappa shape index (κ1) is 15.9. The summed E-state index contributed by atoms with van der Waals surface area (Å²) in [7, 11) is 0. The number of rotatable bonds is 2. The maximum Gasteiger partial charge on any atom is 0.117 e. The molecule has 0 spiro atoms. The van der Waals surface area contributed by atoms with Gasteiger partial charge in [-0.05, 0) is 60.1 Å². The molecule has 4 atom stereocenters. The van der Waals surface area contributed by atoms with E-state index in [1.807, 2.05) is 24.3 Å². The van der Waals surface area contributed by atoms with Crippen LogP contribution in [-0.2, 0) is 11.1 Å². The molecule has 4 heteroatoms. The highest BCUT2D eigenvalue weighted by Crippen LogP contribution is 2.77. The van der Waals surface area contributed by atoms with Gasteiger partial charge in [0.05, 0.1) is 0 Å². The second kappa shape index (κ2) is 4.87. The third-order valence-electron chi connectivity index (χ3n) is 7.56. The maximum absolute atomic E-state index is 5.96. The number of hydrogen-bond acceptors (Lipinski definition) is 4. The molecule has 2 saturated carbocycles. The van der Waals surface area contributed by atoms with Gasteiger partial charge in [-0.3, -0.25) is 0 Å². The zero-order valence-electron chi connectivity index (χ0n) is 15.4. The van der Waals surface area contributed by atoms with Crippen LogP contribution in [0.5, 0.6) is 0 Å².